The van der Waals surface area contributed by atoms with Gasteiger partial charge < -0.3 is 19.5 Å². The lowest BCUT2D eigenvalue weighted by Gasteiger charge is -2.13. The molecule has 6 nitrogen and oxygen atoms in total. The molecule has 0 unspecified atom stereocenters. The highest BCUT2D eigenvalue weighted by Gasteiger charge is 2.27. The van der Waals surface area contributed by atoms with E-state index in [1.54, 1.807) is 19.2 Å². The van der Waals surface area contributed by atoms with Gasteiger partial charge in [0.2, 0.25) is 0 Å². The second-order valence-corrected chi connectivity index (χ2v) is 8.36. The second-order valence-electron chi connectivity index (χ2n) is 6.34. The number of carbonyl (C=O) groups is 2. The summed E-state index contributed by atoms with van der Waals surface area (Å²) >= 11 is 4.85. The average Bonchev–Trinajstić information content (AvgIpc) is 3.06. The van der Waals surface area contributed by atoms with E-state index in [1.807, 2.05) is 6.07 Å². The van der Waals surface area contributed by atoms with Crippen molar-refractivity contribution in [2.45, 2.75) is 25.7 Å². The van der Waals surface area contributed by atoms with E-state index in [2.05, 4.69) is 21.2 Å². The SMILES string of the molecule is COCCOc1ccc(Br)cc1C(=O)Nc1sc2c(c1C(=O)OC)CCCC2. The van der Waals surface area contributed by atoms with Crippen LogP contribution in [0.15, 0.2) is 22.7 Å². The van der Waals surface area contributed by atoms with Crippen LogP contribution in [0.3, 0.4) is 0 Å². The quantitative estimate of drug-likeness (QED) is 0.480. The largest absolute Gasteiger partial charge is 0.490 e. The molecule has 1 heterocycles. The lowest BCUT2D eigenvalue weighted by Crippen LogP contribution is -2.17. The third-order valence-corrected chi connectivity index (χ3v) is 6.22. The Labute approximate surface area is 176 Å². The summed E-state index contributed by atoms with van der Waals surface area (Å²) in [6.45, 7) is 0.750. The number of hydrogen-bond donors (Lipinski definition) is 1. The van der Waals surface area contributed by atoms with Crippen LogP contribution in [-0.2, 0) is 22.3 Å². The van der Waals surface area contributed by atoms with Gasteiger partial charge in [0, 0.05) is 16.5 Å². The number of hydrogen-bond acceptors (Lipinski definition) is 6. The smallest absolute Gasteiger partial charge is 0.341 e. The zero-order chi connectivity index (χ0) is 20.1. The number of nitrogens with one attached hydrogen (secondary N) is 1. The first-order valence-corrected chi connectivity index (χ1v) is 10.6. The summed E-state index contributed by atoms with van der Waals surface area (Å²) in [5, 5.41) is 3.44. The Bertz CT molecular complexity index is 880. The highest BCUT2D eigenvalue weighted by molar-refractivity contribution is 9.10. The van der Waals surface area contributed by atoms with Crippen LogP contribution in [0.25, 0.3) is 0 Å². The fourth-order valence-electron chi connectivity index (χ4n) is 3.18. The van der Waals surface area contributed by atoms with Crippen molar-refractivity contribution in [3.63, 3.8) is 0 Å². The van der Waals surface area contributed by atoms with Crippen LogP contribution in [0, 0.1) is 0 Å². The molecule has 0 bridgehead atoms. The van der Waals surface area contributed by atoms with Crippen LogP contribution < -0.4 is 10.1 Å². The van der Waals surface area contributed by atoms with Crippen LogP contribution in [0.1, 0.15) is 44.0 Å². The molecule has 0 atom stereocenters. The van der Waals surface area contributed by atoms with Crippen LogP contribution in [-0.4, -0.2) is 39.3 Å². The van der Waals surface area contributed by atoms with Crippen molar-refractivity contribution in [2.24, 2.45) is 0 Å². The number of benzene rings is 1. The molecule has 3 rings (SSSR count). The van der Waals surface area contributed by atoms with E-state index in [-0.39, 0.29) is 5.91 Å². The minimum absolute atomic E-state index is 0.332. The monoisotopic (exact) mass is 467 g/mol. The summed E-state index contributed by atoms with van der Waals surface area (Å²) in [5.74, 6) is -0.295. The van der Waals surface area contributed by atoms with Crippen molar-refractivity contribution in [1.82, 2.24) is 0 Å². The molecular weight excluding hydrogens is 446 g/mol. The Hall–Kier alpha value is -1.90. The van der Waals surface area contributed by atoms with Gasteiger partial charge in [-0.15, -0.1) is 11.3 Å². The van der Waals surface area contributed by atoms with Gasteiger partial charge in [-0.2, -0.15) is 0 Å². The van der Waals surface area contributed by atoms with E-state index in [1.165, 1.54) is 18.4 Å². The molecule has 0 aliphatic heterocycles. The zero-order valence-electron chi connectivity index (χ0n) is 15.8. The third kappa shape index (κ3) is 4.56. The van der Waals surface area contributed by atoms with Gasteiger partial charge in [0.1, 0.15) is 17.4 Å². The van der Waals surface area contributed by atoms with E-state index in [0.717, 1.165) is 40.6 Å². The number of aryl methyl sites for hydroxylation is 1. The lowest BCUT2D eigenvalue weighted by molar-refractivity contribution is 0.0601. The summed E-state index contributed by atoms with van der Waals surface area (Å²) in [4.78, 5) is 26.5. The van der Waals surface area contributed by atoms with E-state index in [9.17, 15) is 9.59 Å². The minimum Gasteiger partial charge on any atom is -0.490 e. The first-order valence-electron chi connectivity index (χ1n) is 9.00. The van der Waals surface area contributed by atoms with Crippen molar-refractivity contribution >= 4 is 44.1 Å². The Morgan fingerprint density at radius 1 is 1.18 bits per heavy atom. The molecule has 2 aromatic rings. The fraction of sp³-hybridized carbons (Fsp3) is 0.400. The van der Waals surface area contributed by atoms with Gasteiger partial charge >= 0.3 is 5.97 Å². The van der Waals surface area contributed by atoms with E-state index in [4.69, 9.17) is 14.2 Å². The number of halogens is 1. The number of ether oxygens (including phenoxy) is 3. The van der Waals surface area contributed by atoms with Crippen molar-refractivity contribution < 1.29 is 23.8 Å². The van der Waals surface area contributed by atoms with Crippen molar-refractivity contribution in [3.05, 3.63) is 44.2 Å². The molecule has 0 fully saturated rings. The highest BCUT2D eigenvalue weighted by Crippen LogP contribution is 2.39. The molecule has 28 heavy (non-hydrogen) atoms. The number of methoxy groups -OCH3 is 2. The van der Waals surface area contributed by atoms with Gasteiger partial charge in [-0.25, -0.2) is 4.79 Å². The maximum Gasteiger partial charge on any atom is 0.341 e. The van der Waals surface area contributed by atoms with Crippen molar-refractivity contribution in [1.29, 1.82) is 0 Å². The molecule has 1 aromatic heterocycles. The van der Waals surface area contributed by atoms with Gasteiger partial charge in [-0.3, -0.25) is 4.79 Å². The second kappa shape index (κ2) is 9.54. The van der Waals surface area contributed by atoms with Gasteiger partial charge in [0.15, 0.2) is 0 Å². The number of esters is 1. The summed E-state index contributed by atoms with van der Waals surface area (Å²) in [7, 11) is 2.95. The number of rotatable bonds is 7. The van der Waals surface area contributed by atoms with Gasteiger partial charge in [-0.05, 0) is 49.4 Å². The van der Waals surface area contributed by atoms with E-state index < -0.39 is 5.97 Å². The molecule has 8 heteroatoms. The number of anilines is 1. The van der Waals surface area contributed by atoms with Crippen molar-refractivity contribution in [2.75, 3.05) is 32.8 Å². The average molecular weight is 468 g/mol. The molecule has 0 saturated carbocycles. The molecule has 0 saturated heterocycles. The molecule has 1 N–H and O–H groups in total. The molecule has 150 valence electrons. The van der Waals surface area contributed by atoms with E-state index in [0.29, 0.717) is 35.1 Å². The molecular formula is C20H22BrNO5S. The molecule has 1 aliphatic carbocycles. The normalized spacial score (nSPS) is 13.0. The molecule has 1 aromatic carbocycles. The standard InChI is InChI=1S/C20H22BrNO5S/c1-25-9-10-27-15-8-7-12(21)11-14(15)18(23)22-19-17(20(24)26-2)13-5-3-4-6-16(13)28-19/h7-8,11H,3-6,9-10H2,1-2H3,(H,22,23). The maximum absolute atomic E-state index is 13.0. The zero-order valence-corrected chi connectivity index (χ0v) is 18.2. The Kier molecular flexibility index (Phi) is 7.09. The van der Waals surface area contributed by atoms with Crippen LogP contribution in [0.2, 0.25) is 0 Å². The minimum atomic E-state index is -0.416. The highest BCUT2D eigenvalue weighted by atomic mass is 79.9. The molecule has 0 spiro atoms. The Balaban J connectivity index is 1.90. The van der Waals surface area contributed by atoms with Gasteiger partial charge in [-0.1, -0.05) is 15.9 Å². The summed E-state index contributed by atoms with van der Waals surface area (Å²) in [5.41, 5.74) is 1.87. The predicted molar refractivity (Wildman–Crippen MR) is 112 cm³/mol. The number of amides is 1. The summed E-state index contributed by atoms with van der Waals surface area (Å²) in [6.07, 6.45) is 3.87. The van der Waals surface area contributed by atoms with Crippen LogP contribution >= 0.6 is 27.3 Å². The number of fused-ring (bicyclic) bond motifs is 1. The lowest BCUT2D eigenvalue weighted by atomic mass is 9.95. The van der Waals surface area contributed by atoms with Crippen LogP contribution in [0.5, 0.6) is 5.75 Å². The predicted octanol–water partition coefficient (Wildman–Crippen LogP) is 4.45. The summed E-state index contributed by atoms with van der Waals surface area (Å²) < 4.78 is 16.4. The van der Waals surface area contributed by atoms with Gasteiger partial charge in [0.25, 0.3) is 5.91 Å². The number of thiophene rings is 1. The maximum atomic E-state index is 13.0. The van der Waals surface area contributed by atoms with Crippen molar-refractivity contribution in [3.8, 4) is 5.75 Å². The Morgan fingerprint density at radius 2 is 1.96 bits per heavy atom. The topological polar surface area (TPSA) is 73.9 Å². The molecule has 0 radical (unpaired) electrons. The molecule has 1 amide bonds. The first-order chi connectivity index (χ1) is 13.5. The summed E-state index contributed by atoms with van der Waals surface area (Å²) in [6, 6.07) is 5.24. The van der Waals surface area contributed by atoms with Gasteiger partial charge in [0.05, 0.1) is 24.8 Å². The number of carbonyl (C=O) groups excluding carboxylic acids is 2. The van der Waals surface area contributed by atoms with E-state index >= 15 is 0 Å². The van der Waals surface area contributed by atoms with Crippen LogP contribution in [0.4, 0.5) is 5.00 Å². The first kappa shape index (κ1) is 20.8. The third-order valence-electron chi connectivity index (χ3n) is 4.52. The Morgan fingerprint density at radius 3 is 2.71 bits per heavy atom. The fourth-order valence-corrected chi connectivity index (χ4v) is 4.82. The molecule has 1 aliphatic rings.